The van der Waals surface area contributed by atoms with E-state index in [-0.39, 0.29) is 5.56 Å². The van der Waals surface area contributed by atoms with E-state index < -0.39 is 29.0 Å². The molecule has 0 radical (unpaired) electrons. The van der Waals surface area contributed by atoms with Gasteiger partial charge in [-0.1, -0.05) is 20.8 Å². The highest BCUT2D eigenvalue weighted by atomic mass is 19.4. The van der Waals surface area contributed by atoms with E-state index in [0.29, 0.717) is 0 Å². The van der Waals surface area contributed by atoms with Crippen molar-refractivity contribution in [2.24, 2.45) is 11.3 Å². The number of nitrogens with one attached hydrogen (secondary N) is 1. The summed E-state index contributed by atoms with van der Waals surface area (Å²) >= 11 is 0. The molecule has 0 saturated heterocycles. The summed E-state index contributed by atoms with van der Waals surface area (Å²) in [5.41, 5.74) is 0.887. The molecule has 6 heteroatoms. The zero-order valence-electron chi connectivity index (χ0n) is 10.4. The maximum atomic E-state index is 13.7. The smallest absolute Gasteiger partial charge is 0.271 e. The van der Waals surface area contributed by atoms with Crippen molar-refractivity contribution in [3.63, 3.8) is 0 Å². The number of hydrogen-bond acceptors (Lipinski definition) is 2. The van der Waals surface area contributed by atoms with Gasteiger partial charge in [-0.25, -0.2) is 4.39 Å². The van der Waals surface area contributed by atoms with Gasteiger partial charge in [0.25, 0.3) is 0 Å². The Balaban J connectivity index is 3.31. The Hall–Kier alpha value is -1.14. The molecule has 1 atom stereocenters. The van der Waals surface area contributed by atoms with Crippen molar-refractivity contribution in [3.8, 4) is 0 Å². The molecule has 0 heterocycles. The van der Waals surface area contributed by atoms with Gasteiger partial charge in [-0.05, 0) is 23.6 Å². The van der Waals surface area contributed by atoms with Crippen LogP contribution < -0.4 is 11.3 Å². The molecule has 0 bridgehead atoms. The number of benzene rings is 1. The molecule has 1 aromatic carbocycles. The summed E-state index contributed by atoms with van der Waals surface area (Å²) in [5.74, 6) is 4.61. The lowest BCUT2D eigenvalue weighted by Gasteiger charge is -2.31. The fourth-order valence-corrected chi connectivity index (χ4v) is 1.75. The fourth-order valence-electron chi connectivity index (χ4n) is 1.75. The van der Waals surface area contributed by atoms with Crippen LogP contribution in [-0.4, -0.2) is 0 Å². The molecule has 3 N–H and O–H groups in total. The van der Waals surface area contributed by atoms with Crippen molar-refractivity contribution in [1.82, 2.24) is 5.43 Å². The van der Waals surface area contributed by atoms with Gasteiger partial charge in [-0.3, -0.25) is 11.3 Å². The largest absolute Gasteiger partial charge is 0.416 e. The second-order valence-corrected chi connectivity index (χ2v) is 5.20. The van der Waals surface area contributed by atoms with Gasteiger partial charge in [-0.2, -0.15) is 13.2 Å². The molecule has 1 rings (SSSR count). The Bertz CT molecular complexity index is 421. The van der Waals surface area contributed by atoms with Crippen LogP contribution in [0.2, 0.25) is 0 Å². The van der Waals surface area contributed by atoms with Gasteiger partial charge < -0.3 is 0 Å². The van der Waals surface area contributed by atoms with E-state index in [1.807, 2.05) is 0 Å². The van der Waals surface area contributed by atoms with Crippen LogP contribution in [0.3, 0.4) is 0 Å². The summed E-state index contributed by atoms with van der Waals surface area (Å²) in [5, 5.41) is 0. The second-order valence-electron chi connectivity index (χ2n) is 5.20. The number of alkyl halides is 3. The Labute approximate surface area is 103 Å². The summed E-state index contributed by atoms with van der Waals surface area (Å²) in [4.78, 5) is 0. The molecule has 0 saturated carbocycles. The van der Waals surface area contributed by atoms with Crippen molar-refractivity contribution in [3.05, 3.63) is 35.1 Å². The normalized spacial score (nSPS) is 14.7. The predicted molar refractivity (Wildman–Crippen MR) is 60.9 cm³/mol. The van der Waals surface area contributed by atoms with Crippen LogP contribution in [0, 0.1) is 11.2 Å². The minimum absolute atomic E-state index is 0.0835. The van der Waals surface area contributed by atoms with Crippen LogP contribution in [-0.2, 0) is 6.18 Å². The van der Waals surface area contributed by atoms with Gasteiger partial charge in [0.05, 0.1) is 11.6 Å². The highest BCUT2D eigenvalue weighted by molar-refractivity contribution is 5.30. The summed E-state index contributed by atoms with van der Waals surface area (Å²) in [6.07, 6.45) is -4.50. The standard InChI is InChI=1S/C12H16F4N2/c1-11(2,3)10(18-17)8-6-7(12(14,15)16)4-5-9(8)13/h4-6,10,18H,17H2,1-3H3. The SMILES string of the molecule is CC(C)(C)C(NN)c1cc(C(F)(F)F)ccc1F. The van der Waals surface area contributed by atoms with Crippen LogP contribution in [0.1, 0.15) is 37.9 Å². The number of hydrogen-bond donors (Lipinski definition) is 2. The van der Waals surface area contributed by atoms with E-state index in [0.717, 1.165) is 18.2 Å². The van der Waals surface area contributed by atoms with Gasteiger partial charge in [-0.15, -0.1) is 0 Å². The molecule has 0 fully saturated rings. The van der Waals surface area contributed by atoms with E-state index in [1.165, 1.54) is 0 Å². The molecular formula is C12H16F4N2. The van der Waals surface area contributed by atoms with E-state index in [4.69, 9.17) is 5.84 Å². The average Bonchev–Trinajstić information content (AvgIpc) is 2.18. The lowest BCUT2D eigenvalue weighted by Crippen LogP contribution is -2.37. The van der Waals surface area contributed by atoms with Gasteiger partial charge in [0.15, 0.2) is 0 Å². The van der Waals surface area contributed by atoms with Gasteiger partial charge in [0.2, 0.25) is 0 Å². The molecule has 2 nitrogen and oxygen atoms in total. The molecule has 0 aliphatic rings. The summed E-state index contributed by atoms with van der Waals surface area (Å²) < 4.78 is 51.4. The molecule has 0 aliphatic heterocycles. The highest BCUT2D eigenvalue weighted by Crippen LogP contribution is 2.37. The molecule has 0 spiro atoms. The van der Waals surface area contributed by atoms with E-state index in [9.17, 15) is 17.6 Å². The zero-order valence-corrected chi connectivity index (χ0v) is 10.4. The maximum Gasteiger partial charge on any atom is 0.416 e. The molecule has 0 amide bonds. The highest BCUT2D eigenvalue weighted by Gasteiger charge is 2.34. The molecule has 1 aromatic rings. The van der Waals surface area contributed by atoms with Crippen LogP contribution in [0.5, 0.6) is 0 Å². The Kier molecular flexibility index (Phi) is 4.02. The van der Waals surface area contributed by atoms with Crippen LogP contribution in [0.25, 0.3) is 0 Å². The summed E-state index contributed by atoms with van der Waals surface area (Å²) in [6.45, 7) is 5.28. The van der Waals surface area contributed by atoms with E-state index in [1.54, 1.807) is 20.8 Å². The molecule has 0 aliphatic carbocycles. The lowest BCUT2D eigenvalue weighted by atomic mass is 9.82. The molecule has 18 heavy (non-hydrogen) atoms. The van der Waals surface area contributed by atoms with Crippen LogP contribution >= 0.6 is 0 Å². The first-order valence-electron chi connectivity index (χ1n) is 5.40. The van der Waals surface area contributed by atoms with Crippen molar-refractivity contribution in [2.75, 3.05) is 0 Å². The first kappa shape index (κ1) is 14.9. The molecule has 102 valence electrons. The zero-order chi connectivity index (χ0) is 14.1. The first-order valence-corrected chi connectivity index (χ1v) is 5.40. The monoisotopic (exact) mass is 264 g/mol. The second kappa shape index (κ2) is 4.85. The third kappa shape index (κ3) is 3.20. The number of hydrazine groups is 1. The minimum Gasteiger partial charge on any atom is -0.271 e. The predicted octanol–water partition coefficient (Wildman–Crippen LogP) is 3.40. The Morgan fingerprint density at radius 1 is 1.17 bits per heavy atom. The van der Waals surface area contributed by atoms with Gasteiger partial charge in [0.1, 0.15) is 5.82 Å². The minimum atomic E-state index is -4.50. The number of rotatable bonds is 2. The first-order chi connectivity index (χ1) is 8.07. The lowest BCUT2D eigenvalue weighted by molar-refractivity contribution is -0.137. The van der Waals surface area contributed by atoms with E-state index in [2.05, 4.69) is 5.43 Å². The van der Waals surface area contributed by atoms with Crippen molar-refractivity contribution >= 4 is 0 Å². The van der Waals surface area contributed by atoms with Gasteiger partial charge >= 0.3 is 6.18 Å². The van der Waals surface area contributed by atoms with Gasteiger partial charge in [0, 0.05) is 5.56 Å². The summed E-state index contributed by atoms with van der Waals surface area (Å²) in [7, 11) is 0. The third-order valence-corrected chi connectivity index (χ3v) is 2.67. The summed E-state index contributed by atoms with van der Waals surface area (Å²) in [6, 6.07) is 1.62. The van der Waals surface area contributed by atoms with Crippen LogP contribution in [0.15, 0.2) is 18.2 Å². The Morgan fingerprint density at radius 2 is 1.72 bits per heavy atom. The maximum absolute atomic E-state index is 13.7. The van der Waals surface area contributed by atoms with Crippen molar-refractivity contribution < 1.29 is 17.6 Å². The fraction of sp³-hybridized carbons (Fsp3) is 0.500. The van der Waals surface area contributed by atoms with Crippen molar-refractivity contribution in [1.29, 1.82) is 0 Å². The molecular weight excluding hydrogens is 248 g/mol. The van der Waals surface area contributed by atoms with Crippen LogP contribution in [0.4, 0.5) is 17.6 Å². The average molecular weight is 264 g/mol. The Morgan fingerprint density at radius 3 is 2.11 bits per heavy atom. The molecule has 0 aromatic heterocycles. The quantitative estimate of drug-likeness (QED) is 0.488. The topological polar surface area (TPSA) is 38.0 Å². The number of nitrogens with two attached hydrogens (primary N) is 1. The van der Waals surface area contributed by atoms with Crippen molar-refractivity contribution in [2.45, 2.75) is 33.0 Å². The number of halogens is 4. The molecule has 1 unspecified atom stereocenters. The third-order valence-electron chi connectivity index (χ3n) is 2.67. The van der Waals surface area contributed by atoms with E-state index >= 15 is 0 Å².